The van der Waals surface area contributed by atoms with Crippen molar-refractivity contribution < 1.29 is 0 Å². The van der Waals surface area contributed by atoms with Crippen molar-refractivity contribution in [2.24, 2.45) is 0 Å². The summed E-state index contributed by atoms with van der Waals surface area (Å²) in [5, 5.41) is 3.72. The summed E-state index contributed by atoms with van der Waals surface area (Å²) >= 11 is 5.87. The second-order valence-corrected chi connectivity index (χ2v) is 4.59. The van der Waals surface area contributed by atoms with Crippen LogP contribution in [0.15, 0.2) is 6.07 Å². The van der Waals surface area contributed by atoms with Crippen LogP contribution in [0.3, 0.4) is 0 Å². The van der Waals surface area contributed by atoms with E-state index in [4.69, 9.17) is 11.6 Å². The molecule has 1 fully saturated rings. The normalized spacial score (nSPS) is 19.6. The average molecular weight is 277 g/mol. The van der Waals surface area contributed by atoms with Crippen LogP contribution in [0, 0.1) is 6.92 Å². The van der Waals surface area contributed by atoms with Crippen LogP contribution >= 0.6 is 24.0 Å². The number of aromatic nitrogens is 2. The Hall–Kier alpha value is -0.580. The molecule has 2 rings (SSSR count). The molecule has 1 aromatic heterocycles. The maximum Gasteiger partial charge on any atom is 0.224 e. The van der Waals surface area contributed by atoms with Gasteiger partial charge in [-0.2, -0.15) is 0 Å². The highest BCUT2D eigenvalue weighted by molar-refractivity contribution is 6.28. The summed E-state index contributed by atoms with van der Waals surface area (Å²) in [6.07, 6.45) is 2.41. The number of hydrogen-bond acceptors (Lipinski definition) is 4. The number of piperidine rings is 1. The van der Waals surface area contributed by atoms with E-state index in [1.54, 1.807) is 0 Å². The maximum atomic E-state index is 5.87. The van der Waals surface area contributed by atoms with Gasteiger partial charge in [0.05, 0.1) is 0 Å². The van der Waals surface area contributed by atoms with Crippen LogP contribution in [0.25, 0.3) is 0 Å². The molecule has 0 aromatic carbocycles. The Morgan fingerprint density at radius 1 is 1.47 bits per heavy atom. The number of aryl methyl sites for hydroxylation is 1. The van der Waals surface area contributed by atoms with Crippen molar-refractivity contribution in [1.29, 1.82) is 0 Å². The minimum Gasteiger partial charge on any atom is -0.355 e. The van der Waals surface area contributed by atoms with E-state index < -0.39 is 0 Å². The van der Waals surface area contributed by atoms with Crippen molar-refractivity contribution in [3.05, 3.63) is 17.0 Å². The minimum atomic E-state index is 0. The van der Waals surface area contributed by atoms with E-state index >= 15 is 0 Å². The van der Waals surface area contributed by atoms with E-state index in [-0.39, 0.29) is 12.4 Å². The Balaban J connectivity index is 0.00000144. The van der Waals surface area contributed by atoms with Gasteiger partial charge in [-0.3, -0.25) is 0 Å². The van der Waals surface area contributed by atoms with Crippen molar-refractivity contribution in [1.82, 2.24) is 15.3 Å². The van der Waals surface area contributed by atoms with Crippen LogP contribution in [0.4, 0.5) is 5.82 Å². The molecular formula is C11H18Cl2N4. The minimum absolute atomic E-state index is 0. The quantitative estimate of drug-likeness (QED) is 0.840. The Bertz CT molecular complexity index is 346. The summed E-state index contributed by atoms with van der Waals surface area (Å²) < 4.78 is 0. The second-order valence-electron chi connectivity index (χ2n) is 4.25. The number of halogens is 2. The summed E-state index contributed by atoms with van der Waals surface area (Å²) in [6, 6.07) is 2.47. The van der Waals surface area contributed by atoms with E-state index in [9.17, 15) is 0 Å². The van der Waals surface area contributed by atoms with Crippen LogP contribution in [-0.4, -0.2) is 36.1 Å². The third-order valence-electron chi connectivity index (χ3n) is 2.99. The molecule has 0 bridgehead atoms. The highest BCUT2D eigenvalue weighted by atomic mass is 35.5. The molecule has 0 saturated carbocycles. The zero-order chi connectivity index (χ0) is 11.5. The van der Waals surface area contributed by atoms with Crippen LogP contribution in [0.2, 0.25) is 5.28 Å². The first kappa shape index (κ1) is 14.5. The highest BCUT2D eigenvalue weighted by Gasteiger charge is 2.19. The first-order chi connectivity index (χ1) is 7.66. The topological polar surface area (TPSA) is 41.0 Å². The fraction of sp³-hybridized carbons (Fsp3) is 0.636. The third-order valence-corrected chi connectivity index (χ3v) is 3.16. The van der Waals surface area contributed by atoms with Crippen molar-refractivity contribution in [3.8, 4) is 0 Å². The number of hydrogen-bond donors (Lipinski definition) is 1. The van der Waals surface area contributed by atoms with E-state index in [0.717, 1.165) is 24.6 Å². The molecule has 0 amide bonds. The van der Waals surface area contributed by atoms with Gasteiger partial charge in [-0.25, -0.2) is 9.97 Å². The van der Waals surface area contributed by atoms with Gasteiger partial charge in [0.25, 0.3) is 0 Å². The monoisotopic (exact) mass is 276 g/mol. The van der Waals surface area contributed by atoms with Crippen molar-refractivity contribution in [2.75, 3.05) is 25.0 Å². The summed E-state index contributed by atoms with van der Waals surface area (Å²) in [6.45, 7) is 4.06. The lowest BCUT2D eigenvalue weighted by Crippen LogP contribution is -2.44. The van der Waals surface area contributed by atoms with Gasteiger partial charge < -0.3 is 10.2 Å². The standard InChI is InChI=1S/C11H17ClN4.ClH/c1-8-6-10(15-11(12)14-8)16(2)9-4-3-5-13-7-9;/h6,9,13H,3-5,7H2,1-2H3;1H. The molecule has 0 spiro atoms. The summed E-state index contributed by atoms with van der Waals surface area (Å²) in [7, 11) is 2.07. The summed E-state index contributed by atoms with van der Waals surface area (Å²) in [4.78, 5) is 10.5. The zero-order valence-electron chi connectivity index (χ0n) is 10.1. The van der Waals surface area contributed by atoms with Gasteiger partial charge in [0, 0.05) is 31.4 Å². The molecule has 17 heavy (non-hydrogen) atoms. The highest BCUT2D eigenvalue weighted by Crippen LogP contribution is 2.18. The number of likely N-dealkylation sites (N-methyl/N-ethyl adjacent to an activating group) is 1. The number of nitrogens with one attached hydrogen (secondary N) is 1. The predicted octanol–water partition coefficient (Wildman–Crippen LogP) is 2.05. The van der Waals surface area contributed by atoms with Crippen LogP contribution in [0.5, 0.6) is 0 Å². The van der Waals surface area contributed by atoms with E-state index in [1.807, 2.05) is 13.0 Å². The van der Waals surface area contributed by atoms with Gasteiger partial charge in [-0.1, -0.05) is 0 Å². The van der Waals surface area contributed by atoms with Gasteiger partial charge in [0.2, 0.25) is 5.28 Å². The molecule has 1 aliphatic heterocycles. The number of nitrogens with zero attached hydrogens (tertiary/aromatic N) is 3. The van der Waals surface area contributed by atoms with Crippen molar-refractivity contribution in [2.45, 2.75) is 25.8 Å². The van der Waals surface area contributed by atoms with Crippen LogP contribution in [0.1, 0.15) is 18.5 Å². The molecule has 1 unspecified atom stereocenters. The molecule has 1 atom stereocenters. The van der Waals surface area contributed by atoms with Crippen LogP contribution < -0.4 is 10.2 Å². The smallest absolute Gasteiger partial charge is 0.224 e. The van der Waals surface area contributed by atoms with Gasteiger partial charge in [-0.15, -0.1) is 12.4 Å². The second kappa shape index (κ2) is 6.38. The maximum absolute atomic E-state index is 5.87. The molecule has 6 heteroatoms. The number of rotatable bonds is 2. The first-order valence-corrected chi connectivity index (χ1v) is 5.99. The Kier molecular flexibility index (Phi) is 5.43. The van der Waals surface area contributed by atoms with Crippen molar-refractivity contribution >= 4 is 29.8 Å². The molecule has 4 nitrogen and oxygen atoms in total. The molecule has 1 saturated heterocycles. The lowest BCUT2D eigenvalue weighted by atomic mass is 10.1. The number of anilines is 1. The van der Waals surface area contributed by atoms with Gasteiger partial charge in [0.15, 0.2) is 0 Å². The lowest BCUT2D eigenvalue weighted by molar-refractivity contribution is 0.443. The SMILES string of the molecule is Cc1cc(N(C)C2CCCNC2)nc(Cl)n1.Cl. The Morgan fingerprint density at radius 3 is 2.82 bits per heavy atom. The van der Waals surface area contributed by atoms with Crippen molar-refractivity contribution in [3.63, 3.8) is 0 Å². The Labute approximate surface area is 113 Å². The van der Waals surface area contributed by atoms with E-state index in [1.165, 1.54) is 12.8 Å². The van der Waals surface area contributed by atoms with Gasteiger partial charge in [0.1, 0.15) is 5.82 Å². The zero-order valence-corrected chi connectivity index (χ0v) is 11.7. The molecule has 96 valence electrons. The summed E-state index contributed by atoms with van der Waals surface area (Å²) in [5.74, 6) is 0.909. The first-order valence-electron chi connectivity index (χ1n) is 5.61. The molecule has 2 heterocycles. The predicted molar refractivity (Wildman–Crippen MR) is 73.3 cm³/mol. The fourth-order valence-corrected chi connectivity index (χ4v) is 2.27. The van der Waals surface area contributed by atoms with Gasteiger partial charge in [-0.05, 0) is 37.9 Å². The van der Waals surface area contributed by atoms with Gasteiger partial charge >= 0.3 is 0 Å². The largest absolute Gasteiger partial charge is 0.355 e. The third kappa shape index (κ3) is 3.69. The summed E-state index contributed by atoms with van der Waals surface area (Å²) in [5.41, 5.74) is 0.908. The van der Waals surface area contributed by atoms with E-state index in [0.29, 0.717) is 11.3 Å². The lowest BCUT2D eigenvalue weighted by Gasteiger charge is -2.32. The molecule has 1 aliphatic rings. The fourth-order valence-electron chi connectivity index (χ4n) is 2.05. The average Bonchev–Trinajstić information content (AvgIpc) is 2.28. The molecule has 0 radical (unpaired) electrons. The molecule has 1 aromatic rings. The molecular weight excluding hydrogens is 259 g/mol. The molecule has 0 aliphatic carbocycles. The van der Waals surface area contributed by atoms with E-state index in [2.05, 4.69) is 27.2 Å². The molecule has 1 N–H and O–H groups in total. The Morgan fingerprint density at radius 2 is 2.24 bits per heavy atom. The van der Waals surface area contributed by atoms with Crippen LogP contribution in [-0.2, 0) is 0 Å².